The fourth-order valence-corrected chi connectivity index (χ4v) is 4.16. The van der Waals surface area contributed by atoms with Crippen LogP contribution < -0.4 is 15.5 Å². The van der Waals surface area contributed by atoms with Crippen LogP contribution in [0.2, 0.25) is 0 Å². The van der Waals surface area contributed by atoms with Crippen LogP contribution in [-0.2, 0) is 17.5 Å². The fourth-order valence-electron chi connectivity index (χ4n) is 4.16. The van der Waals surface area contributed by atoms with Gasteiger partial charge in [0.15, 0.2) is 0 Å². The maximum absolute atomic E-state index is 14.9. The maximum atomic E-state index is 14.9. The molecule has 3 amide bonds. The number of amides is 3. The molecule has 39 heavy (non-hydrogen) atoms. The van der Waals surface area contributed by atoms with Gasteiger partial charge in [0.2, 0.25) is 6.17 Å². The van der Waals surface area contributed by atoms with E-state index < -0.39 is 35.7 Å². The van der Waals surface area contributed by atoms with Gasteiger partial charge in [-0.05, 0) is 36.4 Å². The molecule has 0 saturated heterocycles. The molecule has 1 atom stereocenters. The number of halogens is 4. The molecule has 0 unspecified atom stereocenters. The van der Waals surface area contributed by atoms with Crippen molar-refractivity contribution in [3.05, 3.63) is 114 Å². The molecule has 0 saturated carbocycles. The normalized spacial score (nSPS) is 15.3. The largest absolute Gasteiger partial charge is 0.416 e. The van der Waals surface area contributed by atoms with E-state index in [1.54, 1.807) is 30.3 Å². The number of imidazole rings is 1. The van der Waals surface area contributed by atoms with Crippen LogP contribution in [0.15, 0.2) is 90.3 Å². The highest BCUT2D eigenvalue weighted by Crippen LogP contribution is 2.32. The molecule has 0 bridgehead atoms. The van der Waals surface area contributed by atoms with E-state index in [9.17, 15) is 27.2 Å². The molecule has 1 aromatic heterocycles. The monoisotopic (exact) mass is 536 g/mol. The van der Waals surface area contributed by atoms with E-state index in [-0.39, 0.29) is 23.5 Å². The minimum absolute atomic E-state index is 0.0311. The molecule has 3 aromatic carbocycles. The van der Waals surface area contributed by atoms with Crippen molar-refractivity contribution >= 4 is 29.0 Å². The molecular formula is C27H20F4N6O2. The number of urea groups is 1. The zero-order valence-electron chi connectivity index (χ0n) is 20.0. The number of nitrogens with one attached hydrogen (secondary N) is 3. The second-order valence-corrected chi connectivity index (χ2v) is 8.56. The minimum atomic E-state index is -4.61. The molecule has 0 aliphatic carbocycles. The highest BCUT2D eigenvalue weighted by Gasteiger charge is 2.34. The summed E-state index contributed by atoms with van der Waals surface area (Å²) in [5, 5.41) is 4.73. The Labute approximate surface area is 219 Å². The topological polar surface area (TPSA) is 102 Å². The number of H-pyrrole nitrogens is 1. The lowest BCUT2D eigenvalue weighted by Gasteiger charge is -2.25. The summed E-state index contributed by atoms with van der Waals surface area (Å²) < 4.78 is 54.2. The van der Waals surface area contributed by atoms with Gasteiger partial charge in [0, 0.05) is 23.0 Å². The highest BCUT2D eigenvalue weighted by molar-refractivity contribution is 6.20. The molecule has 8 nitrogen and oxygen atoms in total. The molecule has 1 aliphatic rings. The second kappa shape index (κ2) is 10.4. The van der Waals surface area contributed by atoms with Crippen molar-refractivity contribution in [3.8, 4) is 0 Å². The van der Waals surface area contributed by atoms with Gasteiger partial charge in [-0.3, -0.25) is 4.79 Å². The Morgan fingerprint density at radius 1 is 1.00 bits per heavy atom. The zero-order valence-corrected chi connectivity index (χ0v) is 20.0. The predicted octanol–water partition coefficient (Wildman–Crippen LogP) is 5.10. The number of carbonyl (C=O) groups excluding carboxylic acids is 2. The van der Waals surface area contributed by atoms with Crippen molar-refractivity contribution in [2.45, 2.75) is 18.9 Å². The number of alkyl halides is 3. The van der Waals surface area contributed by atoms with E-state index in [4.69, 9.17) is 0 Å². The number of anilines is 2. The zero-order chi connectivity index (χ0) is 27.6. The molecule has 5 rings (SSSR count). The summed E-state index contributed by atoms with van der Waals surface area (Å²) in [6.07, 6.45) is -3.17. The number of aromatic amines is 1. The summed E-state index contributed by atoms with van der Waals surface area (Å²) in [6.45, 7) is 0.0311. The number of hydrogen-bond donors (Lipinski definition) is 3. The lowest BCUT2D eigenvalue weighted by molar-refractivity contribution is -0.137. The van der Waals surface area contributed by atoms with E-state index in [0.717, 1.165) is 18.2 Å². The summed E-state index contributed by atoms with van der Waals surface area (Å²) in [6, 6.07) is 15.7. The Hall–Kier alpha value is -5.00. The standard InChI is InChI=1S/C27H20F4N6O2/c28-21-10-3-1-8-19(21)23-20-9-2-4-11-22(20)37(14-18-13-32-15-33-18)25(38)24(35-23)36-26(39)34-17-7-5-6-16(12-17)27(29,30)31/h1-13,15,24H,14H2,(H,32,33)(H2,34,36,39)/t24-/m0/s1. The Morgan fingerprint density at radius 2 is 1.74 bits per heavy atom. The summed E-state index contributed by atoms with van der Waals surface area (Å²) in [5.41, 5.74) is 0.574. The summed E-state index contributed by atoms with van der Waals surface area (Å²) in [7, 11) is 0. The molecule has 4 aromatic rings. The van der Waals surface area contributed by atoms with Gasteiger partial charge in [-0.25, -0.2) is 19.2 Å². The average molecular weight is 536 g/mol. The molecule has 1 aliphatic heterocycles. The third-order valence-corrected chi connectivity index (χ3v) is 5.94. The van der Waals surface area contributed by atoms with Crippen molar-refractivity contribution in [2.24, 2.45) is 4.99 Å². The summed E-state index contributed by atoms with van der Waals surface area (Å²) in [5.74, 6) is -1.24. The minimum Gasteiger partial charge on any atom is -0.347 e. The molecule has 0 fully saturated rings. The SMILES string of the molecule is O=C(Nc1cccc(C(F)(F)F)c1)N[C@@H]1N=C(c2ccccc2F)c2ccccc2N(Cc2cnc[nH]2)C1=O. The number of carbonyl (C=O) groups is 2. The third kappa shape index (κ3) is 5.49. The molecule has 0 spiro atoms. The van der Waals surface area contributed by atoms with Gasteiger partial charge in [0.05, 0.1) is 35.5 Å². The average Bonchev–Trinajstić information content (AvgIpc) is 3.39. The molecule has 0 radical (unpaired) electrons. The third-order valence-electron chi connectivity index (χ3n) is 5.94. The number of aromatic nitrogens is 2. The fraction of sp³-hybridized carbons (Fsp3) is 0.111. The van der Waals surface area contributed by atoms with E-state index in [2.05, 4.69) is 25.6 Å². The molecule has 12 heteroatoms. The lowest BCUT2D eigenvalue weighted by atomic mass is 9.99. The van der Waals surface area contributed by atoms with Gasteiger partial charge in [-0.2, -0.15) is 13.2 Å². The number of benzene rings is 3. The van der Waals surface area contributed by atoms with Crippen molar-refractivity contribution < 1.29 is 27.2 Å². The van der Waals surface area contributed by atoms with Gasteiger partial charge >= 0.3 is 12.2 Å². The maximum Gasteiger partial charge on any atom is 0.416 e. The molecular weight excluding hydrogens is 516 g/mol. The Bertz CT molecular complexity index is 1550. The number of aliphatic imine (C=N–C) groups is 1. The van der Waals surface area contributed by atoms with Gasteiger partial charge < -0.3 is 20.5 Å². The van der Waals surface area contributed by atoms with E-state index in [0.29, 0.717) is 16.9 Å². The number of rotatable bonds is 5. The summed E-state index contributed by atoms with van der Waals surface area (Å²) >= 11 is 0. The quantitative estimate of drug-likeness (QED) is 0.309. The number of nitrogens with zero attached hydrogens (tertiary/aromatic N) is 3. The summed E-state index contributed by atoms with van der Waals surface area (Å²) in [4.78, 5) is 39.4. The predicted molar refractivity (Wildman–Crippen MR) is 136 cm³/mol. The van der Waals surface area contributed by atoms with Crippen LogP contribution >= 0.6 is 0 Å². The second-order valence-electron chi connectivity index (χ2n) is 8.56. The molecule has 198 valence electrons. The van der Waals surface area contributed by atoms with Crippen molar-refractivity contribution in [2.75, 3.05) is 10.2 Å². The van der Waals surface area contributed by atoms with E-state index in [1.165, 1.54) is 41.7 Å². The van der Waals surface area contributed by atoms with Crippen LogP contribution in [0.25, 0.3) is 0 Å². The van der Waals surface area contributed by atoms with Crippen LogP contribution in [0.1, 0.15) is 22.4 Å². The van der Waals surface area contributed by atoms with E-state index >= 15 is 0 Å². The molecule has 3 N–H and O–H groups in total. The first-order valence-corrected chi connectivity index (χ1v) is 11.7. The first kappa shape index (κ1) is 25.6. The number of para-hydroxylation sites is 1. The van der Waals surface area contributed by atoms with Gasteiger partial charge in [0.1, 0.15) is 5.82 Å². The van der Waals surface area contributed by atoms with Crippen molar-refractivity contribution in [3.63, 3.8) is 0 Å². The van der Waals surface area contributed by atoms with Crippen molar-refractivity contribution in [1.29, 1.82) is 0 Å². The first-order valence-electron chi connectivity index (χ1n) is 11.7. The highest BCUT2D eigenvalue weighted by atomic mass is 19.4. The number of hydrogen-bond acceptors (Lipinski definition) is 4. The van der Waals surface area contributed by atoms with Gasteiger partial charge in [-0.15, -0.1) is 0 Å². The van der Waals surface area contributed by atoms with Crippen molar-refractivity contribution in [1.82, 2.24) is 15.3 Å². The van der Waals surface area contributed by atoms with Crippen LogP contribution in [0, 0.1) is 5.82 Å². The Kier molecular flexibility index (Phi) is 6.84. The smallest absolute Gasteiger partial charge is 0.347 e. The Morgan fingerprint density at radius 3 is 2.46 bits per heavy atom. The lowest BCUT2D eigenvalue weighted by Crippen LogP contribution is -2.48. The van der Waals surface area contributed by atoms with Crippen LogP contribution in [0.4, 0.5) is 33.7 Å². The van der Waals surface area contributed by atoms with Crippen LogP contribution in [0.3, 0.4) is 0 Å². The van der Waals surface area contributed by atoms with Crippen LogP contribution in [0.5, 0.6) is 0 Å². The number of fused-ring (bicyclic) bond motifs is 1. The first-order chi connectivity index (χ1) is 18.7. The molecule has 2 heterocycles. The van der Waals surface area contributed by atoms with Gasteiger partial charge in [0.25, 0.3) is 5.91 Å². The van der Waals surface area contributed by atoms with Gasteiger partial charge in [-0.1, -0.05) is 36.4 Å². The van der Waals surface area contributed by atoms with E-state index in [1.807, 2.05) is 0 Å². The Balaban J connectivity index is 1.53. The number of benzodiazepines with no additional fused rings is 1. The van der Waals surface area contributed by atoms with Crippen LogP contribution in [-0.4, -0.2) is 33.8 Å².